The molecule has 0 bridgehead atoms. The van der Waals surface area contributed by atoms with Crippen LogP contribution in [0.2, 0.25) is 10.0 Å². The van der Waals surface area contributed by atoms with Crippen LogP contribution >= 0.6 is 23.2 Å². The molecule has 1 N–H and O–H groups in total. The van der Waals surface area contributed by atoms with Gasteiger partial charge in [-0.3, -0.25) is 4.72 Å². The van der Waals surface area contributed by atoms with Gasteiger partial charge in [-0.25, -0.2) is 17.8 Å². The minimum atomic E-state index is -4.10. The van der Waals surface area contributed by atoms with Gasteiger partial charge in [-0.05, 0) is 18.2 Å². The lowest BCUT2D eigenvalue weighted by atomic mass is 10.3. The van der Waals surface area contributed by atoms with Gasteiger partial charge < -0.3 is 0 Å². The summed E-state index contributed by atoms with van der Waals surface area (Å²) >= 11 is 11.6. The van der Waals surface area contributed by atoms with Gasteiger partial charge in [-0.2, -0.15) is 9.69 Å². The number of anilines is 1. The summed E-state index contributed by atoms with van der Waals surface area (Å²) in [5, 5.41) is -1.07. The second kappa shape index (κ2) is 5.86. The van der Waals surface area contributed by atoms with Crippen molar-refractivity contribution in [3.63, 3.8) is 0 Å². The Labute approximate surface area is 137 Å². The van der Waals surface area contributed by atoms with Gasteiger partial charge >= 0.3 is 11.9 Å². The number of sulfonamides is 1. The van der Waals surface area contributed by atoms with E-state index in [2.05, 4.69) is 4.72 Å². The van der Waals surface area contributed by atoms with Crippen molar-refractivity contribution >= 4 is 57.1 Å². The molecule has 0 radical (unpaired) electrons. The first-order chi connectivity index (χ1) is 10.1. The van der Waals surface area contributed by atoms with Crippen LogP contribution in [0.5, 0.6) is 0 Å². The molecule has 1 atom stereocenters. The van der Waals surface area contributed by atoms with Crippen molar-refractivity contribution < 1.29 is 22.6 Å². The van der Waals surface area contributed by atoms with Gasteiger partial charge in [0.25, 0.3) is 10.0 Å². The Bertz CT molecular complexity index is 792. The fourth-order valence-electron chi connectivity index (χ4n) is 1.85. The van der Waals surface area contributed by atoms with E-state index in [0.717, 1.165) is 15.7 Å². The fourth-order valence-corrected chi connectivity index (χ4v) is 3.50. The van der Waals surface area contributed by atoms with Crippen molar-refractivity contribution in [2.45, 2.75) is 5.25 Å². The lowest BCUT2D eigenvalue weighted by Gasteiger charge is -2.20. The zero-order valence-corrected chi connectivity index (χ0v) is 13.9. The van der Waals surface area contributed by atoms with E-state index in [-0.39, 0.29) is 15.7 Å². The average Bonchev–Trinajstić information content (AvgIpc) is 2.44. The number of carbonyl (C=O) groups is 2. The van der Waals surface area contributed by atoms with E-state index >= 15 is 0 Å². The normalized spacial score (nSPS) is 19.2. The number of carbonyl (C=O) groups excluding carboxylic acids is 2. The summed E-state index contributed by atoms with van der Waals surface area (Å²) < 4.78 is 28.0. The van der Waals surface area contributed by atoms with Gasteiger partial charge in [-0.15, -0.1) is 0 Å². The summed E-state index contributed by atoms with van der Waals surface area (Å²) in [5.41, 5.74) is 0.165. The minimum Gasteiger partial charge on any atom is -0.282 e. The van der Waals surface area contributed by atoms with Gasteiger partial charge in [0.1, 0.15) is 6.21 Å². The number of nitrogens with zero attached hydrogens (tertiary/aromatic N) is 2. The molecule has 0 aliphatic carbocycles. The summed E-state index contributed by atoms with van der Waals surface area (Å²) in [5.74, 6) is -0.837. The van der Waals surface area contributed by atoms with Crippen LogP contribution in [0.15, 0.2) is 18.2 Å². The van der Waals surface area contributed by atoms with E-state index in [1.807, 2.05) is 0 Å². The third-order valence-corrected chi connectivity index (χ3v) is 5.29. The number of hydrogen-bond acceptors (Lipinski definition) is 4. The largest absolute Gasteiger partial charge is 0.500 e. The Balaban J connectivity index is 2.36. The van der Waals surface area contributed by atoms with E-state index in [9.17, 15) is 18.0 Å². The van der Waals surface area contributed by atoms with Gasteiger partial charge in [0.15, 0.2) is 0 Å². The Hall–Kier alpha value is -1.64. The van der Waals surface area contributed by atoms with Crippen LogP contribution in [0.25, 0.3) is 0 Å². The van der Waals surface area contributed by atoms with Crippen molar-refractivity contribution in [1.29, 1.82) is 0 Å². The molecular weight excluding hydrogens is 353 g/mol. The number of imide groups is 1. The molecule has 0 saturated carbocycles. The van der Waals surface area contributed by atoms with E-state index in [4.69, 9.17) is 23.2 Å². The molecule has 1 unspecified atom stereocenters. The maximum absolute atomic E-state index is 12.4. The third-order valence-electron chi connectivity index (χ3n) is 3.04. The second-order valence-corrected chi connectivity index (χ2v) is 7.25. The Morgan fingerprint density at radius 2 is 1.86 bits per heavy atom. The Morgan fingerprint density at radius 3 is 2.45 bits per heavy atom. The molecule has 0 spiro atoms. The first-order valence-electron chi connectivity index (χ1n) is 5.99. The molecule has 2 rings (SSSR count). The topological polar surface area (TPSA) is 86.6 Å². The number of benzene rings is 1. The summed E-state index contributed by atoms with van der Waals surface area (Å²) in [4.78, 5) is 24.4. The summed E-state index contributed by atoms with van der Waals surface area (Å²) in [7, 11) is -1.51. The average molecular weight is 365 g/mol. The predicted octanol–water partition coefficient (Wildman–Crippen LogP) is 1.41. The Kier molecular flexibility index (Phi) is 4.46. The lowest BCUT2D eigenvalue weighted by Crippen LogP contribution is -2.54. The maximum Gasteiger partial charge on any atom is 0.500 e. The van der Waals surface area contributed by atoms with E-state index < -0.39 is 27.2 Å². The molecule has 0 aromatic heterocycles. The second-order valence-electron chi connectivity index (χ2n) is 4.64. The van der Waals surface area contributed by atoms with Crippen molar-refractivity contribution in [3.8, 4) is 0 Å². The van der Waals surface area contributed by atoms with Crippen LogP contribution < -0.4 is 4.72 Å². The molecule has 1 aliphatic rings. The number of nitrogens with one attached hydrogen (secondary N) is 1. The molecule has 1 heterocycles. The van der Waals surface area contributed by atoms with E-state index in [1.165, 1.54) is 32.3 Å². The highest BCUT2D eigenvalue weighted by atomic mass is 35.5. The molecular formula is C12H12Cl2N3O4S+. The van der Waals surface area contributed by atoms with Crippen molar-refractivity contribution in [3.05, 3.63) is 28.2 Å². The van der Waals surface area contributed by atoms with Gasteiger partial charge in [0.05, 0.1) is 29.8 Å². The number of amides is 3. The molecule has 3 amide bonds. The molecule has 1 aromatic rings. The molecule has 118 valence electrons. The highest BCUT2D eigenvalue weighted by Crippen LogP contribution is 2.26. The summed E-state index contributed by atoms with van der Waals surface area (Å²) in [6, 6.07) is 3.56. The smallest absolute Gasteiger partial charge is 0.282 e. The summed E-state index contributed by atoms with van der Waals surface area (Å²) in [6.07, 6.45) is 1.05. The van der Waals surface area contributed by atoms with Gasteiger partial charge in [0, 0.05) is 0 Å². The quantitative estimate of drug-likeness (QED) is 0.821. The van der Waals surface area contributed by atoms with E-state index in [1.54, 1.807) is 0 Å². The third kappa shape index (κ3) is 3.08. The van der Waals surface area contributed by atoms with Crippen molar-refractivity contribution in [2.24, 2.45) is 0 Å². The zero-order valence-electron chi connectivity index (χ0n) is 11.6. The van der Waals surface area contributed by atoms with Crippen LogP contribution in [-0.4, -0.2) is 55.4 Å². The highest BCUT2D eigenvalue weighted by molar-refractivity contribution is 7.94. The van der Waals surface area contributed by atoms with Crippen LogP contribution in [0.1, 0.15) is 0 Å². The molecule has 22 heavy (non-hydrogen) atoms. The van der Waals surface area contributed by atoms with Crippen LogP contribution in [0.4, 0.5) is 10.5 Å². The molecule has 0 fully saturated rings. The van der Waals surface area contributed by atoms with Crippen molar-refractivity contribution in [1.82, 2.24) is 4.90 Å². The van der Waals surface area contributed by atoms with Gasteiger partial charge in [-0.1, -0.05) is 23.2 Å². The number of rotatable bonds is 3. The van der Waals surface area contributed by atoms with E-state index in [0.29, 0.717) is 0 Å². The number of hydrogen-bond donors (Lipinski definition) is 1. The van der Waals surface area contributed by atoms with Gasteiger partial charge in [0.2, 0.25) is 5.25 Å². The van der Waals surface area contributed by atoms with Crippen molar-refractivity contribution in [2.75, 3.05) is 18.8 Å². The zero-order chi connectivity index (χ0) is 16.7. The standard InChI is InChI=1S/C12H12Cl2N3O4S/c1-16-6-10(11(18)17(2)12(16)19)22(20,21)15-7-3-4-8(13)9(14)5-7/h3-6,10,15H,1-2H3/q+1. The van der Waals surface area contributed by atoms with Crippen LogP contribution in [0, 0.1) is 0 Å². The summed E-state index contributed by atoms with van der Waals surface area (Å²) in [6.45, 7) is 0. The first-order valence-corrected chi connectivity index (χ1v) is 8.30. The highest BCUT2D eigenvalue weighted by Gasteiger charge is 2.46. The monoisotopic (exact) mass is 364 g/mol. The Morgan fingerprint density at radius 1 is 1.23 bits per heavy atom. The first kappa shape index (κ1) is 16.7. The SMILES string of the molecule is CN1C(=O)C(S(=O)(=O)Nc2ccc(Cl)c(Cl)c2)C=[N+](C)C1=O. The minimum absolute atomic E-state index is 0.165. The maximum atomic E-state index is 12.4. The number of halogens is 2. The lowest BCUT2D eigenvalue weighted by molar-refractivity contribution is -0.399. The fraction of sp³-hybridized carbons (Fsp3) is 0.250. The van der Waals surface area contributed by atoms with Crippen LogP contribution in [0.3, 0.4) is 0 Å². The predicted molar refractivity (Wildman–Crippen MR) is 83.2 cm³/mol. The molecule has 0 saturated heterocycles. The molecule has 7 nitrogen and oxygen atoms in total. The number of urea groups is 1. The molecule has 1 aliphatic heterocycles. The molecule has 10 heteroatoms. The molecule has 1 aromatic carbocycles. The van der Waals surface area contributed by atoms with Crippen LogP contribution in [-0.2, 0) is 14.8 Å².